The third kappa shape index (κ3) is 1.06. The maximum Gasteiger partial charge on any atom is 0.00733 e. The monoisotopic (exact) mass is 140 g/mol. The Labute approximate surface area is 62.2 Å². The van der Waals surface area contributed by atoms with E-state index in [9.17, 15) is 0 Å². The average molecular weight is 140 g/mol. The van der Waals surface area contributed by atoms with Crippen LogP contribution in [0.5, 0.6) is 0 Å². The van der Waals surface area contributed by atoms with Crippen LogP contribution in [-0.4, -0.2) is 18.6 Å². The van der Waals surface area contributed by atoms with Gasteiger partial charge in [-0.05, 0) is 38.1 Å². The zero-order valence-corrected chi connectivity index (χ0v) is 6.34. The summed E-state index contributed by atoms with van der Waals surface area (Å²) in [5.74, 6) is 0.818. The van der Waals surface area contributed by atoms with Crippen molar-refractivity contribution in [1.82, 2.24) is 5.32 Å². The van der Waals surface area contributed by atoms with E-state index in [1.807, 2.05) is 0 Å². The van der Waals surface area contributed by atoms with E-state index in [2.05, 4.69) is 5.32 Å². The van der Waals surface area contributed by atoms with Gasteiger partial charge in [-0.3, -0.25) is 0 Å². The molecule has 0 amide bonds. The fraction of sp³-hybridized carbons (Fsp3) is 1.00. The van der Waals surface area contributed by atoms with Gasteiger partial charge in [-0.1, -0.05) is 0 Å². The van der Waals surface area contributed by atoms with Crippen LogP contribution in [0.2, 0.25) is 0 Å². The lowest BCUT2D eigenvalue weighted by Gasteiger charge is -2.27. The van der Waals surface area contributed by atoms with Crippen LogP contribution in [0.1, 0.15) is 25.7 Å². The van der Waals surface area contributed by atoms with Crippen LogP contribution in [0.3, 0.4) is 0 Å². The van der Waals surface area contributed by atoms with Crippen molar-refractivity contribution in [3.8, 4) is 0 Å². The molecule has 2 aliphatic rings. The molecule has 2 atom stereocenters. The molecular formula is C8H16N2. The Kier molecular flexibility index (Phi) is 1.66. The zero-order valence-electron chi connectivity index (χ0n) is 6.34. The minimum Gasteiger partial charge on any atom is -0.330 e. The quantitative estimate of drug-likeness (QED) is 0.556. The van der Waals surface area contributed by atoms with Gasteiger partial charge in [0.15, 0.2) is 0 Å². The molecule has 0 aromatic rings. The van der Waals surface area contributed by atoms with Crippen LogP contribution in [-0.2, 0) is 0 Å². The van der Waals surface area contributed by atoms with Crippen molar-refractivity contribution < 1.29 is 0 Å². The van der Waals surface area contributed by atoms with Crippen molar-refractivity contribution in [2.24, 2.45) is 11.7 Å². The fourth-order valence-electron chi connectivity index (χ4n) is 2.37. The van der Waals surface area contributed by atoms with Gasteiger partial charge < -0.3 is 11.1 Å². The Morgan fingerprint density at radius 3 is 2.30 bits per heavy atom. The van der Waals surface area contributed by atoms with Crippen molar-refractivity contribution in [1.29, 1.82) is 0 Å². The van der Waals surface area contributed by atoms with Gasteiger partial charge in [-0.2, -0.15) is 0 Å². The number of hydrogen-bond donors (Lipinski definition) is 2. The second kappa shape index (κ2) is 2.51. The Bertz CT molecular complexity index is 112. The minimum absolute atomic E-state index is 0.812. The van der Waals surface area contributed by atoms with Crippen LogP contribution < -0.4 is 11.1 Å². The zero-order chi connectivity index (χ0) is 6.97. The van der Waals surface area contributed by atoms with E-state index in [1.54, 1.807) is 0 Å². The van der Waals surface area contributed by atoms with Gasteiger partial charge in [0, 0.05) is 12.1 Å². The molecule has 0 radical (unpaired) electrons. The summed E-state index contributed by atoms with van der Waals surface area (Å²) in [5.41, 5.74) is 5.63. The van der Waals surface area contributed by atoms with Gasteiger partial charge in [0.05, 0.1) is 0 Å². The molecule has 2 nitrogen and oxygen atoms in total. The predicted octanol–water partition coefficient (Wildman–Crippen LogP) is 0.476. The average Bonchev–Trinajstić information content (AvgIpc) is 2.30. The summed E-state index contributed by atoms with van der Waals surface area (Å²) < 4.78 is 0. The van der Waals surface area contributed by atoms with E-state index >= 15 is 0 Å². The first-order valence-electron chi connectivity index (χ1n) is 4.34. The molecule has 2 bridgehead atoms. The van der Waals surface area contributed by atoms with Gasteiger partial charge >= 0.3 is 0 Å². The molecule has 10 heavy (non-hydrogen) atoms. The molecule has 0 aliphatic carbocycles. The Hall–Kier alpha value is -0.0800. The van der Waals surface area contributed by atoms with Crippen molar-refractivity contribution in [3.05, 3.63) is 0 Å². The first kappa shape index (κ1) is 6.62. The van der Waals surface area contributed by atoms with E-state index in [0.29, 0.717) is 0 Å². The molecule has 2 aliphatic heterocycles. The normalized spacial score (nSPS) is 45.9. The van der Waals surface area contributed by atoms with Crippen LogP contribution in [0.25, 0.3) is 0 Å². The molecule has 2 heterocycles. The second-order valence-corrected chi connectivity index (χ2v) is 3.71. The van der Waals surface area contributed by atoms with Crippen molar-refractivity contribution in [2.45, 2.75) is 37.8 Å². The van der Waals surface area contributed by atoms with Gasteiger partial charge in [-0.25, -0.2) is 0 Å². The van der Waals surface area contributed by atoms with Crippen molar-refractivity contribution in [2.75, 3.05) is 6.54 Å². The number of hydrogen-bond acceptors (Lipinski definition) is 2. The van der Waals surface area contributed by atoms with Gasteiger partial charge in [0.1, 0.15) is 0 Å². The molecule has 3 N–H and O–H groups in total. The van der Waals surface area contributed by atoms with E-state index in [-0.39, 0.29) is 0 Å². The molecule has 2 fully saturated rings. The fourth-order valence-corrected chi connectivity index (χ4v) is 2.37. The van der Waals surface area contributed by atoms with Crippen LogP contribution in [0, 0.1) is 5.92 Å². The molecule has 0 saturated carbocycles. The number of nitrogens with one attached hydrogen (secondary N) is 1. The Morgan fingerprint density at radius 2 is 1.80 bits per heavy atom. The standard InChI is InChI=1S/C8H16N2/c9-5-6-3-7-1-2-8(4-6)10-7/h6-8,10H,1-5,9H2. The largest absolute Gasteiger partial charge is 0.330 e. The number of fused-ring (bicyclic) bond motifs is 2. The summed E-state index contributed by atoms with van der Waals surface area (Å²) in [6.07, 6.45) is 5.43. The summed E-state index contributed by atoms with van der Waals surface area (Å²) >= 11 is 0. The number of piperidine rings is 1. The van der Waals surface area contributed by atoms with Crippen LogP contribution in [0.4, 0.5) is 0 Å². The van der Waals surface area contributed by atoms with Gasteiger partial charge in [0.25, 0.3) is 0 Å². The molecule has 58 valence electrons. The minimum atomic E-state index is 0.812. The molecule has 2 saturated heterocycles. The third-order valence-electron chi connectivity index (χ3n) is 2.90. The van der Waals surface area contributed by atoms with Crippen molar-refractivity contribution in [3.63, 3.8) is 0 Å². The highest BCUT2D eigenvalue weighted by atomic mass is 15.0. The molecule has 2 rings (SSSR count). The first-order valence-corrected chi connectivity index (χ1v) is 4.34. The van der Waals surface area contributed by atoms with E-state index in [0.717, 1.165) is 24.5 Å². The summed E-state index contributed by atoms with van der Waals surface area (Å²) in [5, 5.41) is 3.60. The Balaban J connectivity index is 1.96. The highest BCUT2D eigenvalue weighted by Gasteiger charge is 2.32. The third-order valence-corrected chi connectivity index (χ3v) is 2.90. The molecule has 0 spiro atoms. The lowest BCUT2D eigenvalue weighted by Crippen LogP contribution is -2.40. The lowest BCUT2D eigenvalue weighted by atomic mass is 9.93. The van der Waals surface area contributed by atoms with E-state index in [4.69, 9.17) is 5.73 Å². The Morgan fingerprint density at radius 1 is 1.20 bits per heavy atom. The number of nitrogens with two attached hydrogens (primary N) is 1. The summed E-state index contributed by atoms with van der Waals surface area (Å²) in [6.45, 7) is 0.898. The lowest BCUT2D eigenvalue weighted by molar-refractivity contribution is 0.306. The predicted molar refractivity (Wildman–Crippen MR) is 41.7 cm³/mol. The van der Waals surface area contributed by atoms with Crippen LogP contribution in [0.15, 0.2) is 0 Å². The van der Waals surface area contributed by atoms with Crippen LogP contribution >= 0.6 is 0 Å². The molecular weight excluding hydrogens is 124 g/mol. The summed E-state index contributed by atoms with van der Waals surface area (Å²) in [6, 6.07) is 1.62. The summed E-state index contributed by atoms with van der Waals surface area (Å²) in [7, 11) is 0. The van der Waals surface area contributed by atoms with Crippen molar-refractivity contribution >= 4 is 0 Å². The van der Waals surface area contributed by atoms with Gasteiger partial charge in [-0.15, -0.1) is 0 Å². The SMILES string of the molecule is NCC1CC2CCC(C1)N2. The second-order valence-electron chi connectivity index (χ2n) is 3.71. The molecule has 2 heteroatoms. The molecule has 2 unspecified atom stereocenters. The van der Waals surface area contributed by atoms with Gasteiger partial charge in [0.2, 0.25) is 0 Å². The van der Waals surface area contributed by atoms with E-state index < -0.39 is 0 Å². The topological polar surface area (TPSA) is 38.0 Å². The first-order chi connectivity index (χ1) is 4.88. The maximum atomic E-state index is 5.63. The highest BCUT2D eigenvalue weighted by Crippen LogP contribution is 2.29. The summed E-state index contributed by atoms with van der Waals surface area (Å²) in [4.78, 5) is 0. The maximum absolute atomic E-state index is 5.63. The van der Waals surface area contributed by atoms with E-state index in [1.165, 1.54) is 25.7 Å². The molecule has 0 aromatic carbocycles. The highest BCUT2D eigenvalue weighted by molar-refractivity contribution is 4.91. The smallest absolute Gasteiger partial charge is 0.00733 e. The molecule has 0 aromatic heterocycles. The number of rotatable bonds is 1.